The Morgan fingerprint density at radius 3 is 1.04 bits per heavy atom. The molecule has 0 aliphatic carbocycles. The lowest BCUT2D eigenvalue weighted by Gasteiger charge is -2.08. The molecule has 8 aromatic carbocycles. The van der Waals surface area contributed by atoms with E-state index in [1.807, 2.05) is 113 Å². The van der Waals surface area contributed by atoms with Crippen molar-refractivity contribution in [3.63, 3.8) is 0 Å². The van der Waals surface area contributed by atoms with Gasteiger partial charge in [-0.05, 0) is 137 Å². The van der Waals surface area contributed by atoms with Crippen molar-refractivity contribution in [2.24, 2.45) is 0 Å². The minimum Gasteiger partial charge on any atom is -0.307 e. The van der Waals surface area contributed by atoms with Crippen LogP contribution in [0.3, 0.4) is 0 Å². The van der Waals surface area contributed by atoms with Crippen LogP contribution < -0.4 is 0 Å². The van der Waals surface area contributed by atoms with Crippen LogP contribution in [0.5, 0.6) is 0 Å². The first-order valence-corrected chi connectivity index (χ1v) is 35.5. The smallest absolute Gasteiger partial charge is 0.0838 e. The van der Waals surface area contributed by atoms with Crippen LogP contribution in [0.4, 0.5) is 0 Å². The molecule has 12 heterocycles. The van der Waals surface area contributed by atoms with E-state index >= 15 is 0 Å². The lowest BCUT2D eigenvalue weighted by molar-refractivity contribution is 1.18. The first kappa shape index (κ1) is 47.9. The van der Waals surface area contributed by atoms with Crippen molar-refractivity contribution in [1.29, 1.82) is 0 Å². The zero-order valence-electron chi connectivity index (χ0n) is 44.8. The molecule has 0 atom stereocenters. The maximum Gasteiger partial charge on any atom is 0.0838 e. The minimum atomic E-state index is 1.24. The normalized spacial score (nSPS) is 12.8. The second-order valence-electron chi connectivity index (χ2n) is 22.4. The van der Waals surface area contributed by atoms with Crippen molar-refractivity contribution in [3.05, 3.63) is 179 Å². The van der Waals surface area contributed by atoms with Crippen LogP contribution in [0.15, 0.2) is 146 Å². The molecule has 20 aromatic rings. The zero-order valence-corrected chi connectivity index (χ0v) is 53.0. The van der Waals surface area contributed by atoms with Gasteiger partial charge in [0.05, 0.1) is 83.2 Å². The Hall–Kier alpha value is -6.52. The molecule has 0 saturated carbocycles. The minimum absolute atomic E-state index is 1.24. The highest BCUT2D eigenvalue weighted by molar-refractivity contribution is 7.44. The molecule has 392 valence electrons. The Kier molecular flexibility index (Phi) is 9.98. The topological polar surface area (TPSA) is 9.86 Å². The number of rotatable bonds is 2. The van der Waals surface area contributed by atoms with Crippen molar-refractivity contribution in [1.82, 2.24) is 9.13 Å². The van der Waals surface area contributed by atoms with Gasteiger partial charge in [-0.3, -0.25) is 0 Å². The number of aryl methyl sites for hydroxylation is 6. The molecule has 0 unspecified atom stereocenters. The van der Waals surface area contributed by atoms with Gasteiger partial charge in [-0.2, -0.15) is 0 Å². The summed E-state index contributed by atoms with van der Waals surface area (Å²) in [5.41, 5.74) is 15.8. The second-order valence-corrected chi connectivity index (χ2v) is 32.8. The number of thiophene rings is 10. The van der Waals surface area contributed by atoms with Gasteiger partial charge >= 0.3 is 0 Å². The lowest BCUT2D eigenvalue weighted by atomic mass is 10.1. The van der Waals surface area contributed by atoms with Crippen LogP contribution in [0.2, 0.25) is 0 Å². The maximum absolute atomic E-state index is 2.56. The van der Waals surface area contributed by atoms with Crippen LogP contribution in [0.1, 0.15) is 33.4 Å². The third kappa shape index (κ3) is 6.62. The summed E-state index contributed by atoms with van der Waals surface area (Å²) in [6.45, 7) is 13.1. The van der Waals surface area contributed by atoms with Crippen LogP contribution in [0, 0.1) is 41.5 Å². The fourth-order valence-corrected chi connectivity index (χ4v) is 26.9. The zero-order chi connectivity index (χ0) is 54.3. The summed E-state index contributed by atoms with van der Waals surface area (Å²) in [5.74, 6) is 0. The highest BCUT2D eigenvalue weighted by Crippen LogP contribution is 2.56. The van der Waals surface area contributed by atoms with E-state index in [0.29, 0.717) is 0 Å². The number of aromatic nitrogens is 2. The summed E-state index contributed by atoms with van der Waals surface area (Å²) in [6, 6.07) is 55.7. The molecule has 12 aromatic heterocycles. The van der Waals surface area contributed by atoms with Gasteiger partial charge in [0, 0.05) is 87.4 Å². The molecule has 0 fully saturated rings. The van der Waals surface area contributed by atoms with Crippen LogP contribution >= 0.6 is 113 Å². The van der Waals surface area contributed by atoms with E-state index in [9.17, 15) is 0 Å². The first-order chi connectivity index (χ1) is 40.0. The van der Waals surface area contributed by atoms with Crippen LogP contribution in [0.25, 0.3) is 171 Å². The number of fused-ring (bicyclic) bond motifs is 28. The van der Waals surface area contributed by atoms with Gasteiger partial charge in [-0.25, -0.2) is 0 Å². The molecular formula is C70H42N2S10. The van der Waals surface area contributed by atoms with Crippen molar-refractivity contribution >= 4 is 273 Å². The molecule has 0 saturated heterocycles. The molecular weight excluding hydrogens is 1190 g/mol. The molecule has 0 aliphatic rings. The highest BCUT2D eigenvalue weighted by Gasteiger charge is 2.27. The molecule has 0 amide bonds. The van der Waals surface area contributed by atoms with Crippen molar-refractivity contribution in [2.75, 3.05) is 0 Å². The van der Waals surface area contributed by atoms with Crippen molar-refractivity contribution in [2.45, 2.75) is 41.5 Å². The van der Waals surface area contributed by atoms with Crippen molar-refractivity contribution < 1.29 is 0 Å². The fraction of sp³-hybridized carbons (Fsp3) is 0.0857. The monoisotopic (exact) mass is 1230 g/mol. The largest absolute Gasteiger partial charge is 0.307 e. The number of benzene rings is 8. The molecule has 0 spiro atoms. The van der Waals surface area contributed by atoms with Crippen molar-refractivity contribution in [3.8, 4) is 11.4 Å². The molecule has 0 N–H and O–H groups in total. The van der Waals surface area contributed by atoms with Gasteiger partial charge in [-0.15, -0.1) is 113 Å². The van der Waals surface area contributed by atoms with Gasteiger partial charge in [-0.1, -0.05) is 83.9 Å². The van der Waals surface area contributed by atoms with Gasteiger partial charge in [0.15, 0.2) is 0 Å². The number of hydrogen-bond donors (Lipinski definition) is 0. The van der Waals surface area contributed by atoms with E-state index in [0.717, 1.165) is 0 Å². The standard InChI is InChI=1S/2C35H21NS5/c1-16-4-8-19(9-5-16)36-24-12-17(2)6-10-20(24)29-28(36)33-31(40-29)22-14-27-23(15-26(22)37-33)32-35(39-27)34-30(41-32)21-11-7-18(3)13-25(21)38-34;1-16-4-8-19(9-5-16)36-28-20-10-6-17(2)12-24(20)39-33(28)35-29(36)34-32(41-35)23-15-26-22(14-27(23)40-34)31-30(38-26)21-11-7-18(3)13-25(21)37-31/h2*4-15H,1-3H3. The molecule has 0 bridgehead atoms. The summed E-state index contributed by atoms with van der Waals surface area (Å²) in [6.07, 6.45) is 0. The Labute approximate surface area is 508 Å². The van der Waals surface area contributed by atoms with Gasteiger partial charge in [0.1, 0.15) is 0 Å². The molecule has 0 radical (unpaired) electrons. The highest BCUT2D eigenvalue weighted by atomic mass is 32.1. The van der Waals surface area contributed by atoms with E-state index in [-0.39, 0.29) is 0 Å². The summed E-state index contributed by atoms with van der Waals surface area (Å²) >= 11 is 19.7. The molecule has 2 nitrogen and oxygen atoms in total. The lowest BCUT2D eigenvalue weighted by Crippen LogP contribution is -1.93. The van der Waals surface area contributed by atoms with E-state index in [4.69, 9.17) is 0 Å². The summed E-state index contributed by atoms with van der Waals surface area (Å²) in [4.78, 5) is 0. The SMILES string of the molecule is Cc1ccc(-n2c3c4ccc(C)cc4sc3c3sc4c5cc6sc7c8ccc(C)cc8sc7c6cc5sc4c32)cc1.Cc1ccc(-n2c3cc(C)ccc3c3sc4c5cc6sc7c(sc8c9ccc(C)cc9sc87)c6cc5sc4c32)cc1. The predicted octanol–water partition coefficient (Wildman–Crippen LogP) is 25.9. The maximum atomic E-state index is 2.56. The Morgan fingerprint density at radius 1 is 0.207 bits per heavy atom. The number of hydrogen-bond acceptors (Lipinski definition) is 10. The van der Waals surface area contributed by atoms with E-state index in [1.165, 1.54) is 204 Å². The Balaban J connectivity index is 0.000000122. The van der Waals surface area contributed by atoms with Gasteiger partial charge < -0.3 is 9.13 Å². The van der Waals surface area contributed by atoms with Crippen LogP contribution in [-0.4, -0.2) is 9.13 Å². The summed E-state index contributed by atoms with van der Waals surface area (Å²) in [5, 5.41) is 11.2. The summed E-state index contributed by atoms with van der Waals surface area (Å²) < 4.78 is 33.6. The Bertz CT molecular complexity index is 6180. The fourth-order valence-electron chi connectivity index (χ4n) is 12.9. The molecule has 0 aliphatic heterocycles. The molecule has 82 heavy (non-hydrogen) atoms. The van der Waals surface area contributed by atoms with Gasteiger partial charge in [0.2, 0.25) is 0 Å². The Morgan fingerprint density at radius 2 is 0.512 bits per heavy atom. The second kappa shape index (κ2) is 17.1. The quantitative estimate of drug-likeness (QED) is 0.163. The van der Waals surface area contributed by atoms with E-state index in [1.54, 1.807) is 0 Å². The third-order valence-electron chi connectivity index (χ3n) is 16.8. The van der Waals surface area contributed by atoms with E-state index in [2.05, 4.69) is 196 Å². The molecule has 12 heteroatoms. The third-order valence-corrected chi connectivity index (χ3v) is 29.6. The molecule has 20 rings (SSSR count). The average molecular weight is 1230 g/mol. The summed E-state index contributed by atoms with van der Waals surface area (Å²) in [7, 11) is 0. The first-order valence-electron chi connectivity index (χ1n) is 27.3. The average Bonchev–Trinajstić information content (AvgIpc) is 2.66. The predicted molar refractivity (Wildman–Crippen MR) is 379 cm³/mol. The van der Waals surface area contributed by atoms with Gasteiger partial charge in [0.25, 0.3) is 0 Å². The number of nitrogens with zero attached hydrogens (tertiary/aromatic N) is 2. The van der Waals surface area contributed by atoms with E-state index < -0.39 is 0 Å². The van der Waals surface area contributed by atoms with Crippen LogP contribution in [-0.2, 0) is 0 Å².